The summed E-state index contributed by atoms with van der Waals surface area (Å²) in [5.74, 6) is -2.36. The number of hydrogen-bond donors (Lipinski definition) is 2. The van der Waals surface area contributed by atoms with Gasteiger partial charge in [0.1, 0.15) is 5.82 Å². The molecule has 0 radical (unpaired) electrons. The van der Waals surface area contributed by atoms with Gasteiger partial charge in [-0.2, -0.15) is 0 Å². The molecule has 1 unspecified atom stereocenters. The minimum Gasteiger partial charge on any atom is -0.396 e. The SMILES string of the molecule is CC(O)CCN(C)C(=O)c1cc(F)cc(N)c1F. The van der Waals surface area contributed by atoms with E-state index in [1.54, 1.807) is 6.92 Å². The van der Waals surface area contributed by atoms with Gasteiger partial charge in [-0.15, -0.1) is 0 Å². The summed E-state index contributed by atoms with van der Waals surface area (Å²) in [5, 5.41) is 9.10. The van der Waals surface area contributed by atoms with Crippen molar-refractivity contribution in [3.63, 3.8) is 0 Å². The van der Waals surface area contributed by atoms with Crippen LogP contribution in [0.4, 0.5) is 14.5 Å². The van der Waals surface area contributed by atoms with Crippen LogP contribution in [-0.4, -0.2) is 35.6 Å². The summed E-state index contributed by atoms with van der Waals surface area (Å²) < 4.78 is 26.7. The second kappa shape index (κ2) is 5.77. The predicted molar refractivity (Wildman–Crippen MR) is 64.0 cm³/mol. The average molecular weight is 258 g/mol. The highest BCUT2D eigenvalue weighted by Crippen LogP contribution is 2.18. The molecule has 4 nitrogen and oxygen atoms in total. The Labute approximate surface area is 104 Å². The minimum atomic E-state index is -0.926. The molecule has 0 aromatic heterocycles. The Hall–Kier alpha value is -1.69. The molecule has 18 heavy (non-hydrogen) atoms. The number of nitrogen functional groups attached to an aromatic ring is 1. The number of nitrogens with zero attached hydrogens (tertiary/aromatic N) is 1. The zero-order valence-electron chi connectivity index (χ0n) is 10.3. The standard InChI is InChI=1S/C12H16F2N2O2/c1-7(17)3-4-16(2)12(18)9-5-8(13)6-10(15)11(9)14/h5-7,17H,3-4,15H2,1-2H3. The maximum Gasteiger partial charge on any atom is 0.256 e. The lowest BCUT2D eigenvalue weighted by Crippen LogP contribution is -2.30. The van der Waals surface area contributed by atoms with Gasteiger partial charge in [0, 0.05) is 13.6 Å². The minimum absolute atomic E-state index is 0.242. The van der Waals surface area contributed by atoms with Gasteiger partial charge in [-0.3, -0.25) is 4.79 Å². The second-order valence-electron chi connectivity index (χ2n) is 4.22. The number of carbonyl (C=O) groups is 1. The van der Waals surface area contributed by atoms with E-state index in [0.717, 1.165) is 12.1 Å². The number of amides is 1. The van der Waals surface area contributed by atoms with Crippen molar-refractivity contribution in [3.8, 4) is 0 Å². The van der Waals surface area contributed by atoms with Crippen LogP contribution in [0.2, 0.25) is 0 Å². The van der Waals surface area contributed by atoms with E-state index in [4.69, 9.17) is 10.8 Å². The molecule has 1 atom stereocenters. The zero-order chi connectivity index (χ0) is 13.9. The highest BCUT2D eigenvalue weighted by Gasteiger charge is 2.19. The first-order valence-electron chi connectivity index (χ1n) is 5.51. The van der Waals surface area contributed by atoms with Crippen molar-refractivity contribution >= 4 is 11.6 Å². The van der Waals surface area contributed by atoms with Gasteiger partial charge in [0.15, 0.2) is 5.82 Å². The third kappa shape index (κ3) is 3.40. The number of anilines is 1. The van der Waals surface area contributed by atoms with Crippen molar-refractivity contribution in [2.24, 2.45) is 0 Å². The topological polar surface area (TPSA) is 66.6 Å². The van der Waals surface area contributed by atoms with Crippen LogP contribution in [0.25, 0.3) is 0 Å². The number of halogens is 2. The largest absolute Gasteiger partial charge is 0.396 e. The Morgan fingerprint density at radius 3 is 2.67 bits per heavy atom. The average Bonchev–Trinajstić information content (AvgIpc) is 2.29. The van der Waals surface area contributed by atoms with Crippen LogP contribution in [0.5, 0.6) is 0 Å². The van der Waals surface area contributed by atoms with Crippen LogP contribution in [0.3, 0.4) is 0 Å². The Kier molecular flexibility index (Phi) is 4.61. The third-order valence-corrected chi connectivity index (χ3v) is 2.52. The van der Waals surface area contributed by atoms with Crippen LogP contribution in [-0.2, 0) is 0 Å². The highest BCUT2D eigenvalue weighted by molar-refractivity contribution is 5.95. The lowest BCUT2D eigenvalue weighted by Gasteiger charge is -2.18. The van der Waals surface area contributed by atoms with E-state index in [-0.39, 0.29) is 6.54 Å². The maximum atomic E-state index is 13.6. The van der Waals surface area contributed by atoms with Crippen molar-refractivity contribution in [2.45, 2.75) is 19.4 Å². The van der Waals surface area contributed by atoms with Crippen molar-refractivity contribution in [1.29, 1.82) is 0 Å². The smallest absolute Gasteiger partial charge is 0.256 e. The fraction of sp³-hybridized carbons (Fsp3) is 0.417. The third-order valence-electron chi connectivity index (χ3n) is 2.52. The molecule has 6 heteroatoms. The van der Waals surface area contributed by atoms with E-state index in [0.29, 0.717) is 6.42 Å². The molecule has 0 aliphatic heterocycles. The number of hydrogen-bond acceptors (Lipinski definition) is 3. The van der Waals surface area contributed by atoms with E-state index in [1.165, 1.54) is 11.9 Å². The summed E-state index contributed by atoms with van der Waals surface area (Å²) in [7, 11) is 1.45. The van der Waals surface area contributed by atoms with Gasteiger partial charge in [0.2, 0.25) is 0 Å². The molecule has 0 spiro atoms. The van der Waals surface area contributed by atoms with Gasteiger partial charge in [-0.05, 0) is 25.5 Å². The van der Waals surface area contributed by atoms with Gasteiger partial charge >= 0.3 is 0 Å². The molecule has 0 saturated heterocycles. The molecule has 1 aromatic rings. The van der Waals surface area contributed by atoms with Crippen LogP contribution in [0.1, 0.15) is 23.7 Å². The van der Waals surface area contributed by atoms with Crippen molar-refractivity contribution in [3.05, 3.63) is 29.3 Å². The summed E-state index contributed by atoms with van der Waals surface area (Å²) in [6.45, 7) is 1.82. The molecule has 1 rings (SSSR count). The van der Waals surface area contributed by atoms with E-state index in [9.17, 15) is 13.6 Å². The van der Waals surface area contributed by atoms with Gasteiger partial charge in [0.25, 0.3) is 5.91 Å². The van der Waals surface area contributed by atoms with Crippen LogP contribution in [0, 0.1) is 11.6 Å². The molecule has 3 N–H and O–H groups in total. The van der Waals surface area contributed by atoms with E-state index in [2.05, 4.69) is 0 Å². The first kappa shape index (κ1) is 14.4. The Balaban J connectivity index is 2.90. The number of benzene rings is 1. The molecule has 0 bridgehead atoms. The van der Waals surface area contributed by atoms with E-state index in [1.807, 2.05) is 0 Å². The number of aliphatic hydroxyl groups excluding tert-OH is 1. The van der Waals surface area contributed by atoms with Crippen molar-refractivity contribution in [1.82, 2.24) is 4.90 Å². The molecule has 0 heterocycles. The van der Waals surface area contributed by atoms with Gasteiger partial charge in [0.05, 0.1) is 17.4 Å². The van der Waals surface area contributed by atoms with Gasteiger partial charge in [-0.25, -0.2) is 8.78 Å². The van der Waals surface area contributed by atoms with Crippen molar-refractivity contribution < 1.29 is 18.7 Å². The fourth-order valence-electron chi connectivity index (χ4n) is 1.45. The Bertz CT molecular complexity index is 450. The summed E-state index contributed by atoms with van der Waals surface area (Å²) in [6, 6.07) is 1.63. The first-order valence-corrected chi connectivity index (χ1v) is 5.51. The summed E-state index contributed by atoms with van der Waals surface area (Å²) in [4.78, 5) is 13.1. The molecule has 0 aliphatic carbocycles. The van der Waals surface area contributed by atoms with E-state index < -0.39 is 34.9 Å². The predicted octanol–water partition coefficient (Wildman–Crippen LogP) is 1.39. The molecular weight excluding hydrogens is 242 g/mol. The maximum absolute atomic E-state index is 13.6. The zero-order valence-corrected chi connectivity index (χ0v) is 10.3. The highest BCUT2D eigenvalue weighted by atomic mass is 19.1. The lowest BCUT2D eigenvalue weighted by atomic mass is 10.1. The molecule has 0 aliphatic rings. The summed E-state index contributed by atoms with van der Waals surface area (Å²) in [6.07, 6.45) is -0.211. The molecule has 100 valence electrons. The molecule has 0 saturated carbocycles. The molecular formula is C12H16F2N2O2. The lowest BCUT2D eigenvalue weighted by molar-refractivity contribution is 0.0764. The van der Waals surface area contributed by atoms with Crippen LogP contribution < -0.4 is 5.73 Å². The summed E-state index contributed by atoms with van der Waals surface area (Å²) >= 11 is 0. The first-order chi connectivity index (χ1) is 8.32. The normalized spacial score (nSPS) is 12.3. The number of rotatable bonds is 4. The molecule has 1 aromatic carbocycles. The van der Waals surface area contributed by atoms with Gasteiger partial charge in [-0.1, -0.05) is 0 Å². The molecule has 1 amide bonds. The van der Waals surface area contributed by atoms with Crippen LogP contribution in [0.15, 0.2) is 12.1 Å². The number of aliphatic hydroxyl groups is 1. The Morgan fingerprint density at radius 1 is 1.50 bits per heavy atom. The number of carbonyl (C=O) groups excluding carboxylic acids is 1. The number of nitrogens with two attached hydrogens (primary N) is 1. The van der Waals surface area contributed by atoms with Crippen molar-refractivity contribution in [2.75, 3.05) is 19.3 Å². The summed E-state index contributed by atoms with van der Waals surface area (Å²) in [5.41, 5.74) is 4.45. The Morgan fingerprint density at radius 2 is 2.11 bits per heavy atom. The molecule has 0 fully saturated rings. The fourth-order valence-corrected chi connectivity index (χ4v) is 1.45. The van der Waals surface area contributed by atoms with Crippen LogP contribution >= 0.6 is 0 Å². The quantitative estimate of drug-likeness (QED) is 0.802. The van der Waals surface area contributed by atoms with Gasteiger partial charge < -0.3 is 15.7 Å². The second-order valence-corrected chi connectivity index (χ2v) is 4.22. The van der Waals surface area contributed by atoms with E-state index >= 15 is 0 Å². The monoisotopic (exact) mass is 258 g/mol.